The first kappa shape index (κ1) is 18.0. The molecule has 0 aliphatic rings. The average molecular weight is 307 g/mol. The minimum Gasteiger partial charge on any atom is -0.504 e. The molecule has 0 bridgehead atoms. The summed E-state index contributed by atoms with van der Waals surface area (Å²) >= 11 is 0. The minimum absolute atomic E-state index is 0.100. The van der Waals surface area contributed by atoms with Crippen LogP contribution in [0.15, 0.2) is 24.8 Å². The Kier molecular flexibility index (Phi) is 6.92. The van der Waals surface area contributed by atoms with Gasteiger partial charge in [0.15, 0.2) is 11.5 Å². The minimum atomic E-state index is -0.856. The van der Waals surface area contributed by atoms with E-state index in [9.17, 15) is 15.0 Å². The number of phenolic OH excluding ortho intramolecular Hbond substituents is 1. The van der Waals surface area contributed by atoms with Gasteiger partial charge in [0, 0.05) is 12.1 Å². The third-order valence-corrected chi connectivity index (χ3v) is 3.36. The van der Waals surface area contributed by atoms with Gasteiger partial charge in [-0.3, -0.25) is 4.79 Å². The highest BCUT2D eigenvalue weighted by molar-refractivity contribution is 5.73. The molecule has 0 amide bonds. The van der Waals surface area contributed by atoms with Crippen molar-refractivity contribution in [2.24, 2.45) is 5.92 Å². The normalized spacial score (nSPS) is 12.2. The Labute approximate surface area is 131 Å². The SMILES string of the molecule is C=CCc1cc(CN[C@H](CC(C)C)C(=O)O)cc(OC)c1O. The highest BCUT2D eigenvalue weighted by atomic mass is 16.5. The van der Waals surface area contributed by atoms with E-state index in [2.05, 4.69) is 11.9 Å². The maximum absolute atomic E-state index is 11.3. The molecule has 3 N–H and O–H groups in total. The molecular weight excluding hydrogens is 282 g/mol. The van der Waals surface area contributed by atoms with Crippen LogP contribution < -0.4 is 10.1 Å². The van der Waals surface area contributed by atoms with Crippen LogP contribution in [0.4, 0.5) is 0 Å². The quantitative estimate of drug-likeness (QED) is 0.611. The molecule has 0 aromatic heterocycles. The van der Waals surface area contributed by atoms with E-state index in [1.807, 2.05) is 19.9 Å². The predicted molar refractivity (Wildman–Crippen MR) is 86.3 cm³/mol. The number of phenols is 1. The standard InChI is InChI=1S/C17H25NO4/c1-5-6-13-8-12(9-15(22-4)16(13)19)10-18-14(17(20)21)7-11(2)3/h5,8-9,11,14,18-19H,1,6-7,10H2,2-4H3,(H,20,21)/t14-/m1/s1. The van der Waals surface area contributed by atoms with Gasteiger partial charge in [-0.05, 0) is 30.4 Å². The van der Waals surface area contributed by atoms with Crippen molar-refractivity contribution >= 4 is 5.97 Å². The van der Waals surface area contributed by atoms with E-state index in [1.54, 1.807) is 12.1 Å². The maximum atomic E-state index is 11.3. The van der Waals surface area contributed by atoms with Gasteiger partial charge >= 0.3 is 5.97 Å². The molecule has 0 saturated heterocycles. The van der Waals surface area contributed by atoms with Gasteiger partial charge in [0.2, 0.25) is 0 Å². The number of rotatable bonds is 9. The van der Waals surface area contributed by atoms with Gasteiger partial charge < -0.3 is 20.3 Å². The second-order valence-corrected chi connectivity index (χ2v) is 5.70. The van der Waals surface area contributed by atoms with E-state index in [0.29, 0.717) is 36.6 Å². The monoisotopic (exact) mass is 307 g/mol. The van der Waals surface area contributed by atoms with Crippen LogP contribution in [-0.4, -0.2) is 29.3 Å². The molecule has 0 saturated carbocycles. The molecule has 0 radical (unpaired) electrons. The number of hydrogen-bond donors (Lipinski definition) is 3. The number of hydrogen-bond acceptors (Lipinski definition) is 4. The van der Waals surface area contributed by atoms with Crippen LogP contribution in [0.2, 0.25) is 0 Å². The van der Waals surface area contributed by atoms with E-state index in [4.69, 9.17) is 4.74 Å². The highest BCUT2D eigenvalue weighted by Gasteiger charge is 2.18. The molecule has 1 aromatic rings. The molecule has 5 nitrogen and oxygen atoms in total. The van der Waals surface area contributed by atoms with E-state index >= 15 is 0 Å². The Bertz CT molecular complexity index is 526. The van der Waals surface area contributed by atoms with Crippen molar-refractivity contribution in [1.82, 2.24) is 5.32 Å². The molecule has 1 atom stereocenters. The average Bonchev–Trinajstić information content (AvgIpc) is 2.45. The fourth-order valence-electron chi connectivity index (χ4n) is 2.28. The second-order valence-electron chi connectivity index (χ2n) is 5.70. The number of benzene rings is 1. The largest absolute Gasteiger partial charge is 0.504 e. The van der Waals surface area contributed by atoms with E-state index in [1.165, 1.54) is 7.11 Å². The Morgan fingerprint density at radius 1 is 1.45 bits per heavy atom. The molecule has 0 heterocycles. The predicted octanol–water partition coefficient (Wildman–Crippen LogP) is 2.72. The van der Waals surface area contributed by atoms with Gasteiger partial charge in [0.1, 0.15) is 6.04 Å². The lowest BCUT2D eigenvalue weighted by molar-refractivity contribution is -0.140. The fraction of sp³-hybridized carbons (Fsp3) is 0.471. The lowest BCUT2D eigenvalue weighted by atomic mass is 10.0. The van der Waals surface area contributed by atoms with Gasteiger partial charge in [-0.15, -0.1) is 6.58 Å². The van der Waals surface area contributed by atoms with Crippen molar-refractivity contribution in [3.63, 3.8) is 0 Å². The maximum Gasteiger partial charge on any atom is 0.320 e. The van der Waals surface area contributed by atoms with Crippen molar-refractivity contribution in [3.8, 4) is 11.5 Å². The van der Waals surface area contributed by atoms with Gasteiger partial charge in [-0.2, -0.15) is 0 Å². The van der Waals surface area contributed by atoms with E-state index in [-0.39, 0.29) is 5.75 Å². The van der Waals surface area contributed by atoms with Crippen molar-refractivity contribution in [3.05, 3.63) is 35.9 Å². The molecule has 22 heavy (non-hydrogen) atoms. The summed E-state index contributed by atoms with van der Waals surface area (Å²) in [6.45, 7) is 8.04. The van der Waals surface area contributed by atoms with Gasteiger partial charge in [-0.1, -0.05) is 26.0 Å². The Hall–Kier alpha value is -2.01. The Morgan fingerprint density at radius 3 is 2.64 bits per heavy atom. The van der Waals surface area contributed by atoms with E-state index in [0.717, 1.165) is 5.56 Å². The Balaban J connectivity index is 2.90. The van der Waals surface area contributed by atoms with Crippen molar-refractivity contribution in [2.75, 3.05) is 7.11 Å². The summed E-state index contributed by atoms with van der Waals surface area (Å²) < 4.78 is 5.16. The molecule has 0 aliphatic heterocycles. The molecule has 1 rings (SSSR count). The highest BCUT2D eigenvalue weighted by Crippen LogP contribution is 2.32. The lowest BCUT2D eigenvalue weighted by Crippen LogP contribution is -2.37. The first-order valence-electron chi connectivity index (χ1n) is 7.34. The zero-order valence-electron chi connectivity index (χ0n) is 13.4. The van der Waals surface area contributed by atoms with Crippen molar-refractivity contribution in [2.45, 2.75) is 39.3 Å². The summed E-state index contributed by atoms with van der Waals surface area (Å²) in [4.78, 5) is 11.3. The second kappa shape index (κ2) is 8.44. The number of aliphatic carboxylic acids is 1. The molecule has 0 spiro atoms. The van der Waals surface area contributed by atoms with Crippen LogP contribution in [0.5, 0.6) is 11.5 Å². The van der Waals surface area contributed by atoms with Crippen LogP contribution in [0.25, 0.3) is 0 Å². The number of nitrogens with one attached hydrogen (secondary N) is 1. The van der Waals surface area contributed by atoms with Gasteiger partial charge in [0.25, 0.3) is 0 Å². The lowest BCUT2D eigenvalue weighted by Gasteiger charge is -2.17. The molecule has 5 heteroatoms. The summed E-state index contributed by atoms with van der Waals surface area (Å²) in [6, 6.07) is 2.95. The summed E-state index contributed by atoms with van der Waals surface area (Å²) in [5, 5.41) is 22.3. The van der Waals surface area contributed by atoms with Crippen molar-refractivity contribution < 1.29 is 19.7 Å². The van der Waals surface area contributed by atoms with Crippen LogP contribution in [0, 0.1) is 5.92 Å². The molecule has 122 valence electrons. The number of carboxylic acid groups (broad SMARTS) is 1. The molecule has 0 unspecified atom stereocenters. The van der Waals surface area contributed by atoms with Gasteiger partial charge in [0.05, 0.1) is 7.11 Å². The number of methoxy groups -OCH3 is 1. The number of allylic oxidation sites excluding steroid dienone is 1. The van der Waals surface area contributed by atoms with Gasteiger partial charge in [-0.25, -0.2) is 0 Å². The molecule has 0 fully saturated rings. The van der Waals surface area contributed by atoms with Crippen LogP contribution >= 0.6 is 0 Å². The Morgan fingerprint density at radius 2 is 2.14 bits per heavy atom. The molecule has 1 aromatic carbocycles. The molecular formula is C17H25NO4. The summed E-state index contributed by atoms with van der Waals surface area (Å²) in [7, 11) is 1.49. The number of carbonyl (C=O) groups is 1. The third-order valence-electron chi connectivity index (χ3n) is 3.36. The summed E-state index contributed by atoms with van der Waals surface area (Å²) in [5.74, 6) is -0.0833. The van der Waals surface area contributed by atoms with Crippen LogP contribution in [0.3, 0.4) is 0 Å². The fourth-order valence-corrected chi connectivity index (χ4v) is 2.28. The number of ether oxygens (including phenoxy) is 1. The number of aromatic hydroxyl groups is 1. The zero-order valence-corrected chi connectivity index (χ0v) is 13.4. The zero-order chi connectivity index (χ0) is 16.7. The van der Waals surface area contributed by atoms with Crippen LogP contribution in [-0.2, 0) is 17.8 Å². The smallest absolute Gasteiger partial charge is 0.320 e. The molecule has 0 aliphatic carbocycles. The van der Waals surface area contributed by atoms with Crippen molar-refractivity contribution in [1.29, 1.82) is 0 Å². The van der Waals surface area contributed by atoms with Crippen LogP contribution in [0.1, 0.15) is 31.4 Å². The first-order valence-corrected chi connectivity index (χ1v) is 7.34. The summed E-state index contributed by atoms with van der Waals surface area (Å²) in [6.07, 6.45) is 2.78. The summed E-state index contributed by atoms with van der Waals surface area (Å²) in [5.41, 5.74) is 1.57. The van der Waals surface area contributed by atoms with E-state index < -0.39 is 12.0 Å². The first-order chi connectivity index (χ1) is 10.4. The topological polar surface area (TPSA) is 78.8 Å². The third kappa shape index (κ3) is 5.07. The number of carboxylic acids is 1.